The van der Waals surface area contributed by atoms with Crippen LogP contribution in [0.3, 0.4) is 0 Å². The normalized spacial score (nSPS) is 14.5. The molecule has 1 fully saturated rings. The van der Waals surface area contributed by atoms with Crippen molar-refractivity contribution < 1.29 is 0 Å². The van der Waals surface area contributed by atoms with E-state index in [-0.39, 0.29) is 0 Å². The van der Waals surface area contributed by atoms with Gasteiger partial charge >= 0.3 is 0 Å². The lowest BCUT2D eigenvalue weighted by Crippen LogP contribution is -2.47. The summed E-state index contributed by atoms with van der Waals surface area (Å²) in [7, 11) is 0. The molecule has 1 aliphatic heterocycles. The van der Waals surface area contributed by atoms with Crippen LogP contribution in [-0.4, -0.2) is 51.3 Å². The fourth-order valence-electron chi connectivity index (χ4n) is 3.16. The lowest BCUT2D eigenvalue weighted by molar-refractivity contribution is 0.627. The lowest BCUT2D eigenvalue weighted by Gasteiger charge is -2.35. The molecule has 1 aromatic carbocycles. The molecule has 0 radical (unpaired) electrons. The molecule has 0 spiro atoms. The van der Waals surface area contributed by atoms with Gasteiger partial charge < -0.3 is 9.80 Å². The van der Waals surface area contributed by atoms with E-state index in [9.17, 15) is 0 Å². The van der Waals surface area contributed by atoms with Gasteiger partial charge in [0.1, 0.15) is 5.82 Å². The number of nitrogens with zero attached hydrogens (tertiary/aromatic N) is 7. The summed E-state index contributed by atoms with van der Waals surface area (Å²) < 4.78 is 0. The van der Waals surface area contributed by atoms with Crippen molar-refractivity contribution in [1.29, 1.82) is 0 Å². The van der Waals surface area contributed by atoms with Gasteiger partial charge in [-0.25, -0.2) is 9.97 Å². The molecule has 1 saturated heterocycles. The molecule has 0 N–H and O–H groups in total. The Morgan fingerprint density at radius 3 is 2.52 bits per heavy atom. The molecule has 0 atom stereocenters. The minimum atomic E-state index is 0.638. The molecule has 138 valence electrons. The van der Waals surface area contributed by atoms with E-state index in [4.69, 9.17) is 11.6 Å². The van der Waals surface area contributed by atoms with Crippen molar-refractivity contribution in [1.82, 2.24) is 25.1 Å². The lowest BCUT2D eigenvalue weighted by atomic mass is 10.2. The van der Waals surface area contributed by atoms with Gasteiger partial charge in [-0.2, -0.15) is 5.10 Å². The number of benzene rings is 1. The van der Waals surface area contributed by atoms with E-state index in [0.717, 1.165) is 54.6 Å². The van der Waals surface area contributed by atoms with Crippen LogP contribution in [0.4, 0.5) is 11.8 Å². The Hall–Kier alpha value is -2.80. The SMILES string of the molecule is Cc1cnc(C)c(N2CCN(c3nncc(-c4cccc(Cl)c4)n3)CC2)n1. The number of piperazine rings is 1. The van der Waals surface area contributed by atoms with Crippen molar-refractivity contribution in [3.63, 3.8) is 0 Å². The predicted octanol–water partition coefficient (Wildman–Crippen LogP) is 2.93. The number of anilines is 2. The quantitative estimate of drug-likeness (QED) is 0.690. The highest BCUT2D eigenvalue weighted by atomic mass is 35.5. The molecule has 8 heteroatoms. The Bertz CT molecular complexity index is 954. The van der Waals surface area contributed by atoms with Crippen molar-refractivity contribution in [2.24, 2.45) is 0 Å². The summed E-state index contributed by atoms with van der Waals surface area (Å²) in [6.45, 7) is 7.24. The van der Waals surface area contributed by atoms with Crippen LogP contribution in [0.15, 0.2) is 36.7 Å². The van der Waals surface area contributed by atoms with Gasteiger partial charge in [0.2, 0.25) is 5.95 Å². The third kappa shape index (κ3) is 3.83. The molecule has 27 heavy (non-hydrogen) atoms. The largest absolute Gasteiger partial charge is 0.352 e. The van der Waals surface area contributed by atoms with E-state index in [2.05, 4.69) is 34.9 Å². The smallest absolute Gasteiger partial charge is 0.246 e. The summed E-state index contributed by atoms with van der Waals surface area (Å²) in [6, 6.07) is 7.60. The number of aryl methyl sites for hydroxylation is 2. The highest BCUT2D eigenvalue weighted by Gasteiger charge is 2.22. The Morgan fingerprint density at radius 1 is 0.963 bits per heavy atom. The first-order valence-corrected chi connectivity index (χ1v) is 9.24. The van der Waals surface area contributed by atoms with Gasteiger partial charge in [0.05, 0.1) is 23.3 Å². The number of aromatic nitrogens is 5. The van der Waals surface area contributed by atoms with Crippen LogP contribution in [0.25, 0.3) is 11.3 Å². The van der Waals surface area contributed by atoms with Crippen molar-refractivity contribution in [2.75, 3.05) is 36.0 Å². The van der Waals surface area contributed by atoms with Crippen molar-refractivity contribution in [2.45, 2.75) is 13.8 Å². The minimum Gasteiger partial charge on any atom is -0.352 e. The first-order chi connectivity index (χ1) is 13.1. The zero-order valence-corrected chi connectivity index (χ0v) is 16.1. The molecule has 3 aromatic rings. The van der Waals surface area contributed by atoms with Gasteiger partial charge in [-0.1, -0.05) is 23.7 Å². The zero-order valence-electron chi connectivity index (χ0n) is 15.3. The molecule has 2 aromatic heterocycles. The van der Waals surface area contributed by atoms with Gasteiger partial charge in [0, 0.05) is 43.0 Å². The first kappa shape index (κ1) is 17.6. The van der Waals surface area contributed by atoms with Crippen LogP contribution >= 0.6 is 11.6 Å². The highest BCUT2D eigenvalue weighted by Crippen LogP contribution is 2.23. The summed E-state index contributed by atoms with van der Waals surface area (Å²) in [5, 5.41) is 9.04. The summed E-state index contributed by atoms with van der Waals surface area (Å²) >= 11 is 6.09. The average molecular weight is 382 g/mol. The monoisotopic (exact) mass is 381 g/mol. The second-order valence-electron chi connectivity index (χ2n) is 6.55. The van der Waals surface area contributed by atoms with Crippen molar-refractivity contribution in [3.05, 3.63) is 53.1 Å². The van der Waals surface area contributed by atoms with Crippen molar-refractivity contribution >= 4 is 23.4 Å². The maximum absolute atomic E-state index is 6.09. The maximum atomic E-state index is 6.09. The van der Waals surface area contributed by atoms with E-state index < -0.39 is 0 Å². The minimum absolute atomic E-state index is 0.638. The predicted molar refractivity (Wildman–Crippen MR) is 106 cm³/mol. The molecule has 0 bridgehead atoms. The van der Waals surface area contributed by atoms with Crippen molar-refractivity contribution in [3.8, 4) is 11.3 Å². The maximum Gasteiger partial charge on any atom is 0.246 e. The number of hydrogen-bond acceptors (Lipinski definition) is 7. The zero-order chi connectivity index (χ0) is 18.8. The van der Waals surface area contributed by atoms with Crippen LogP contribution in [0.1, 0.15) is 11.4 Å². The fraction of sp³-hybridized carbons (Fsp3) is 0.316. The third-order valence-electron chi connectivity index (χ3n) is 4.58. The van der Waals surface area contributed by atoms with E-state index in [1.807, 2.05) is 38.1 Å². The second-order valence-corrected chi connectivity index (χ2v) is 6.98. The molecule has 1 aliphatic rings. The molecule has 7 nitrogen and oxygen atoms in total. The summed E-state index contributed by atoms with van der Waals surface area (Å²) in [5.41, 5.74) is 3.59. The van der Waals surface area contributed by atoms with Gasteiger partial charge in [-0.05, 0) is 26.0 Å². The number of hydrogen-bond donors (Lipinski definition) is 0. The second kappa shape index (κ2) is 7.44. The van der Waals surface area contributed by atoms with Gasteiger partial charge in [0.15, 0.2) is 0 Å². The molecule has 0 unspecified atom stereocenters. The van der Waals surface area contributed by atoms with Crippen LogP contribution in [-0.2, 0) is 0 Å². The average Bonchev–Trinajstić information content (AvgIpc) is 2.70. The molecule has 0 saturated carbocycles. The number of halogens is 1. The standard InChI is InChI=1S/C19H20ClN7/c1-13-11-21-14(2)18(23-13)26-6-8-27(9-7-26)19-24-17(12-22-25-19)15-4-3-5-16(20)10-15/h3-5,10-12H,6-9H2,1-2H3. The van der Waals surface area contributed by atoms with E-state index in [0.29, 0.717) is 11.0 Å². The third-order valence-corrected chi connectivity index (χ3v) is 4.82. The van der Waals surface area contributed by atoms with Gasteiger partial charge in [0.25, 0.3) is 0 Å². The van der Waals surface area contributed by atoms with E-state index in [1.165, 1.54) is 0 Å². The fourth-order valence-corrected chi connectivity index (χ4v) is 3.35. The topological polar surface area (TPSA) is 70.9 Å². The Balaban J connectivity index is 1.50. The molecule has 3 heterocycles. The summed E-state index contributed by atoms with van der Waals surface area (Å²) in [4.78, 5) is 18.2. The van der Waals surface area contributed by atoms with E-state index >= 15 is 0 Å². The molecule has 4 rings (SSSR count). The summed E-state index contributed by atoms with van der Waals surface area (Å²) in [5.74, 6) is 1.60. The first-order valence-electron chi connectivity index (χ1n) is 8.86. The Morgan fingerprint density at radius 2 is 1.74 bits per heavy atom. The van der Waals surface area contributed by atoms with Crippen LogP contribution in [0, 0.1) is 13.8 Å². The van der Waals surface area contributed by atoms with Crippen LogP contribution in [0.5, 0.6) is 0 Å². The molecular formula is C19H20ClN7. The molecule has 0 aliphatic carbocycles. The highest BCUT2D eigenvalue weighted by molar-refractivity contribution is 6.30. The van der Waals surface area contributed by atoms with Gasteiger partial charge in [-0.15, -0.1) is 5.10 Å². The van der Waals surface area contributed by atoms with Gasteiger partial charge in [-0.3, -0.25) is 4.98 Å². The van der Waals surface area contributed by atoms with E-state index in [1.54, 1.807) is 12.4 Å². The summed E-state index contributed by atoms with van der Waals surface area (Å²) in [6.07, 6.45) is 3.47. The Kier molecular flexibility index (Phi) is 4.85. The Labute approximate surface area is 163 Å². The molecular weight excluding hydrogens is 362 g/mol. The van der Waals surface area contributed by atoms with Crippen LogP contribution < -0.4 is 9.80 Å². The number of rotatable bonds is 3. The van der Waals surface area contributed by atoms with Crippen LogP contribution in [0.2, 0.25) is 5.02 Å². The molecule has 0 amide bonds.